The number of hydrogen-bond acceptors (Lipinski definition) is 5. The summed E-state index contributed by atoms with van der Waals surface area (Å²) in [6, 6.07) is 25.1. The fraction of sp³-hybridized carbons (Fsp3) is 0.233. The third-order valence-corrected chi connectivity index (χ3v) is 6.73. The van der Waals surface area contributed by atoms with Crippen molar-refractivity contribution in [1.29, 1.82) is 0 Å². The minimum Gasteiger partial charge on any atom is -0.493 e. The molecule has 0 N–H and O–H groups in total. The normalized spacial score (nSPS) is 14.8. The van der Waals surface area contributed by atoms with Crippen molar-refractivity contribution >= 4 is 16.7 Å². The predicted molar refractivity (Wildman–Crippen MR) is 139 cm³/mol. The van der Waals surface area contributed by atoms with Gasteiger partial charge in [-0.1, -0.05) is 42.5 Å². The maximum absolute atomic E-state index is 13.9. The highest BCUT2D eigenvalue weighted by atomic mass is 16.5. The van der Waals surface area contributed by atoms with E-state index in [2.05, 4.69) is 0 Å². The van der Waals surface area contributed by atoms with Crippen molar-refractivity contribution in [3.63, 3.8) is 0 Å². The summed E-state index contributed by atoms with van der Waals surface area (Å²) in [5.74, 6) is 2.54. The summed E-state index contributed by atoms with van der Waals surface area (Å²) in [6.07, 6.45) is 0.708. The van der Waals surface area contributed by atoms with E-state index >= 15 is 0 Å². The largest absolute Gasteiger partial charge is 0.493 e. The molecule has 1 aliphatic heterocycles. The van der Waals surface area contributed by atoms with E-state index in [1.54, 1.807) is 21.3 Å². The molecule has 0 radical (unpaired) electrons. The first-order valence-electron chi connectivity index (χ1n) is 11.9. The number of carbonyl (C=O) groups is 1. The minimum atomic E-state index is -0.322. The smallest absolute Gasteiger partial charge is 0.254 e. The van der Waals surface area contributed by atoms with Gasteiger partial charge >= 0.3 is 0 Å². The van der Waals surface area contributed by atoms with Crippen LogP contribution in [0.4, 0.5) is 0 Å². The van der Waals surface area contributed by atoms with Gasteiger partial charge in [0.1, 0.15) is 6.61 Å². The van der Waals surface area contributed by atoms with Gasteiger partial charge in [-0.15, -0.1) is 0 Å². The second-order valence-corrected chi connectivity index (χ2v) is 8.69. The molecule has 36 heavy (non-hydrogen) atoms. The van der Waals surface area contributed by atoms with Crippen LogP contribution >= 0.6 is 0 Å². The van der Waals surface area contributed by atoms with Crippen LogP contribution < -0.4 is 18.9 Å². The standard InChI is InChI=1S/C30H29NO5/c1-33-26-10-6-7-11-27(26)36-19-25-24-18-29(35-3)28(34-2)17-22(24)14-15-31(25)30(32)23-13-12-20-8-4-5-9-21(20)16-23/h4-13,16-18,25H,14-15,19H2,1-3H3. The van der Waals surface area contributed by atoms with E-state index in [0.29, 0.717) is 41.5 Å². The van der Waals surface area contributed by atoms with Crippen LogP contribution in [0.15, 0.2) is 78.9 Å². The first-order valence-corrected chi connectivity index (χ1v) is 11.9. The van der Waals surface area contributed by atoms with Gasteiger partial charge in [-0.2, -0.15) is 0 Å². The third-order valence-electron chi connectivity index (χ3n) is 6.73. The van der Waals surface area contributed by atoms with Gasteiger partial charge in [0.15, 0.2) is 23.0 Å². The molecule has 4 aromatic rings. The van der Waals surface area contributed by atoms with Gasteiger partial charge in [0.05, 0.1) is 27.4 Å². The molecule has 6 nitrogen and oxygen atoms in total. The van der Waals surface area contributed by atoms with Crippen molar-refractivity contribution in [1.82, 2.24) is 4.90 Å². The lowest BCUT2D eigenvalue weighted by Gasteiger charge is -2.37. The monoisotopic (exact) mass is 483 g/mol. The predicted octanol–water partition coefficient (Wildman–Crippen LogP) is 5.68. The Balaban J connectivity index is 1.53. The van der Waals surface area contributed by atoms with Crippen LogP contribution in [0.25, 0.3) is 10.8 Å². The molecule has 0 bridgehead atoms. The lowest BCUT2D eigenvalue weighted by atomic mass is 9.91. The van der Waals surface area contributed by atoms with Crippen LogP contribution in [0.1, 0.15) is 27.5 Å². The van der Waals surface area contributed by atoms with E-state index in [4.69, 9.17) is 18.9 Å². The quantitative estimate of drug-likeness (QED) is 0.338. The number of hydrogen-bond donors (Lipinski definition) is 0. The molecule has 6 heteroatoms. The fourth-order valence-electron chi connectivity index (χ4n) is 4.85. The summed E-state index contributed by atoms with van der Waals surface area (Å²) in [5, 5.41) is 2.14. The Bertz CT molecular complexity index is 1400. The van der Waals surface area contributed by atoms with Crippen LogP contribution in [-0.2, 0) is 6.42 Å². The molecular formula is C30H29NO5. The lowest BCUT2D eigenvalue weighted by Crippen LogP contribution is -2.42. The summed E-state index contributed by atoms with van der Waals surface area (Å²) in [5.41, 5.74) is 2.76. The molecule has 1 aliphatic rings. The molecule has 0 spiro atoms. The van der Waals surface area contributed by atoms with Gasteiger partial charge in [0.2, 0.25) is 0 Å². The van der Waals surface area contributed by atoms with E-state index < -0.39 is 0 Å². The molecule has 0 fully saturated rings. The van der Waals surface area contributed by atoms with Gasteiger partial charge in [-0.3, -0.25) is 4.79 Å². The number of para-hydroxylation sites is 2. The van der Waals surface area contributed by atoms with Crippen molar-refractivity contribution in [3.05, 3.63) is 95.6 Å². The fourth-order valence-corrected chi connectivity index (χ4v) is 4.85. The Morgan fingerprint density at radius 3 is 2.19 bits per heavy atom. The molecule has 0 aromatic heterocycles. The van der Waals surface area contributed by atoms with E-state index in [1.807, 2.05) is 83.8 Å². The molecule has 1 unspecified atom stereocenters. The van der Waals surface area contributed by atoms with Gasteiger partial charge in [0, 0.05) is 12.1 Å². The average Bonchev–Trinajstić information content (AvgIpc) is 2.94. The first kappa shape index (κ1) is 23.5. The molecule has 0 saturated heterocycles. The molecule has 5 rings (SSSR count). The van der Waals surface area contributed by atoms with Gasteiger partial charge in [0.25, 0.3) is 5.91 Å². The summed E-state index contributed by atoms with van der Waals surface area (Å²) in [4.78, 5) is 15.8. The van der Waals surface area contributed by atoms with Crippen molar-refractivity contribution in [3.8, 4) is 23.0 Å². The van der Waals surface area contributed by atoms with Gasteiger partial charge in [-0.05, 0) is 64.7 Å². The number of nitrogens with zero attached hydrogens (tertiary/aromatic N) is 1. The van der Waals surface area contributed by atoms with Gasteiger partial charge < -0.3 is 23.8 Å². The Kier molecular flexibility index (Phi) is 6.67. The maximum atomic E-state index is 13.9. The molecule has 0 aliphatic carbocycles. The number of amides is 1. The summed E-state index contributed by atoms with van der Waals surface area (Å²) < 4.78 is 22.8. The highest BCUT2D eigenvalue weighted by molar-refractivity contribution is 5.99. The van der Waals surface area contributed by atoms with Crippen LogP contribution in [0.5, 0.6) is 23.0 Å². The zero-order valence-corrected chi connectivity index (χ0v) is 20.7. The number of fused-ring (bicyclic) bond motifs is 2. The second kappa shape index (κ2) is 10.2. The van der Waals surface area contributed by atoms with Gasteiger partial charge in [-0.25, -0.2) is 0 Å². The van der Waals surface area contributed by atoms with Crippen LogP contribution in [0, 0.1) is 0 Å². The highest BCUT2D eigenvalue weighted by Crippen LogP contribution is 2.39. The summed E-state index contributed by atoms with van der Waals surface area (Å²) >= 11 is 0. The van der Waals surface area contributed by atoms with Crippen molar-refractivity contribution in [2.24, 2.45) is 0 Å². The van der Waals surface area contributed by atoms with Crippen molar-refractivity contribution in [2.75, 3.05) is 34.5 Å². The van der Waals surface area contributed by atoms with E-state index in [0.717, 1.165) is 21.9 Å². The number of methoxy groups -OCH3 is 3. The SMILES string of the molecule is COc1cc2c(cc1OC)C(COc1ccccc1OC)N(C(=O)c1ccc3ccccc3c1)CC2. The number of ether oxygens (including phenoxy) is 4. The molecule has 1 atom stereocenters. The summed E-state index contributed by atoms with van der Waals surface area (Å²) in [7, 11) is 4.86. The van der Waals surface area contributed by atoms with E-state index in [-0.39, 0.29) is 18.6 Å². The van der Waals surface area contributed by atoms with Crippen LogP contribution in [0.2, 0.25) is 0 Å². The zero-order valence-electron chi connectivity index (χ0n) is 20.7. The maximum Gasteiger partial charge on any atom is 0.254 e. The van der Waals surface area contributed by atoms with E-state index in [9.17, 15) is 4.79 Å². The highest BCUT2D eigenvalue weighted by Gasteiger charge is 2.33. The van der Waals surface area contributed by atoms with Crippen LogP contribution in [-0.4, -0.2) is 45.3 Å². The van der Waals surface area contributed by atoms with E-state index in [1.165, 1.54) is 0 Å². The zero-order chi connectivity index (χ0) is 25.1. The first-order chi connectivity index (χ1) is 17.6. The molecule has 1 heterocycles. The average molecular weight is 484 g/mol. The number of carbonyl (C=O) groups excluding carboxylic acids is 1. The Morgan fingerprint density at radius 2 is 1.44 bits per heavy atom. The third kappa shape index (κ3) is 4.42. The molecule has 184 valence electrons. The van der Waals surface area contributed by atoms with Crippen molar-refractivity contribution in [2.45, 2.75) is 12.5 Å². The summed E-state index contributed by atoms with van der Waals surface area (Å²) in [6.45, 7) is 0.830. The molecule has 1 amide bonds. The number of rotatable bonds is 7. The van der Waals surface area contributed by atoms with Crippen LogP contribution in [0.3, 0.4) is 0 Å². The lowest BCUT2D eigenvalue weighted by molar-refractivity contribution is 0.0587. The molecular weight excluding hydrogens is 454 g/mol. The molecule has 4 aromatic carbocycles. The Morgan fingerprint density at radius 1 is 0.778 bits per heavy atom. The van der Waals surface area contributed by atoms with Crippen molar-refractivity contribution < 1.29 is 23.7 Å². The topological polar surface area (TPSA) is 57.2 Å². The molecule has 0 saturated carbocycles. The second-order valence-electron chi connectivity index (χ2n) is 8.69. The number of benzene rings is 4. The Hall–Kier alpha value is -4.19. The Labute approximate surface area is 211 Å². The minimum absolute atomic E-state index is 0.0326.